The molecule has 1 rings (SSSR count). The lowest BCUT2D eigenvalue weighted by molar-refractivity contribution is -0.128. The van der Waals surface area contributed by atoms with Crippen molar-refractivity contribution in [2.45, 2.75) is 11.0 Å². The first-order valence-electron chi connectivity index (χ1n) is 3.47. The number of hydrogen-bond donors (Lipinski definition) is 0. The van der Waals surface area contributed by atoms with Gasteiger partial charge in [-0.25, -0.2) is 8.78 Å². The van der Waals surface area contributed by atoms with Crippen molar-refractivity contribution in [1.29, 1.82) is 0 Å². The maximum Gasteiger partial charge on any atom is 0.405 e. The third kappa shape index (κ3) is 2.67. The normalized spacial score (nSPS) is 14.1. The van der Waals surface area contributed by atoms with Crippen LogP contribution in [-0.4, -0.2) is 6.18 Å². The molecule has 0 aliphatic rings. The minimum Gasteiger partial charge on any atom is -0.207 e. The standard InChI is InChI=1S/C8H4BrF5/c9-7(8(12,13)14)4-1-5(10)3-6(11)2-4/h1-3,7H/t7-/m1/s1. The summed E-state index contributed by atoms with van der Waals surface area (Å²) in [5.41, 5.74) is -0.491. The highest BCUT2D eigenvalue weighted by molar-refractivity contribution is 9.09. The van der Waals surface area contributed by atoms with E-state index in [1.54, 1.807) is 0 Å². The predicted octanol–water partition coefficient (Wildman–Crippen LogP) is 3.96. The van der Waals surface area contributed by atoms with Crippen LogP contribution in [0, 0.1) is 11.6 Å². The van der Waals surface area contributed by atoms with Gasteiger partial charge in [-0.1, -0.05) is 15.9 Å². The van der Waals surface area contributed by atoms with Crippen LogP contribution in [0.4, 0.5) is 22.0 Å². The van der Waals surface area contributed by atoms with E-state index in [0.717, 1.165) is 0 Å². The minimum atomic E-state index is -4.57. The summed E-state index contributed by atoms with van der Waals surface area (Å²) in [6.45, 7) is 0. The van der Waals surface area contributed by atoms with E-state index in [2.05, 4.69) is 15.9 Å². The van der Waals surface area contributed by atoms with Gasteiger partial charge in [0.25, 0.3) is 0 Å². The van der Waals surface area contributed by atoms with Crippen molar-refractivity contribution in [2.75, 3.05) is 0 Å². The van der Waals surface area contributed by atoms with Gasteiger partial charge >= 0.3 is 6.18 Å². The zero-order valence-electron chi connectivity index (χ0n) is 6.58. The van der Waals surface area contributed by atoms with Gasteiger partial charge in [0.1, 0.15) is 16.5 Å². The molecular formula is C8H4BrF5. The third-order valence-corrected chi connectivity index (χ3v) is 2.51. The second-order valence-electron chi connectivity index (χ2n) is 2.61. The largest absolute Gasteiger partial charge is 0.405 e. The fourth-order valence-electron chi connectivity index (χ4n) is 0.910. The Bertz CT molecular complexity index is 313. The second-order valence-corrected chi connectivity index (χ2v) is 3.52. The number of rotatable bonds is 1. The highest BCUT2D eigenvalue weighted by atomic mass is 79.9. The van der Waals surface area contributed by atoms with Gasteiger partial charge in [0.2, 0.25) is 0 Å². The smallest absolute Gasteiger partial charge is 0.207 e. The molecule has 0 fully saturated rings. The van der Waals surface area contributed by atoms with Gasteiger partial charge in [-0.2, -0.15) is 13.2 Å². The Morgan fingerprint density at radius 2 is 1.43 bits per heavy atom. The van der Waals surface area contributed by atoms with Crippen LogP contribution in [0.3, 0.4) is 0 Å². The zero-order valence-corrected chi connectivity index (χ0v) is 8.16. The summed E-state index contributed by atoms with van der Waals surface area (Å²) in [6.07, 6.45) is -4.57. The second kappa shape index (κ2) is 3.84. The van der Waals surface area contributed by atoms with E-state index in [4.69, 9.17) is 0 Å². The van der Waals surface area contributed by atoms with E-state index in [1.807, 2.05) is 0 Å². The Labute approximate surface area is 84.9 Å². The minimum absolute atomic E-state index is 0.491. The Balaban J connectivity index is 3.07. The maximum atomic E-state index is 12.5. The molecule has 0 amide bonds. The van der Waals surface area contributed by atoms with Crippen molar-refractivity contribution < 1.29 is 22.0 Å². The molecule has 0 radical (unpaired) electrons. The molecule has 14 heavy (non-hydrogen) atoms. The molecule has 78 valence electrons. The first-order valence-corrected chi connectivity index (χ1v) is 4.39. The lowest BCUT2D eigenvalue weighted by atomic mass is 10.1. The van der Waals surface area contributed by atoms with Crippen molar-refractivity contribution in [1.82, 2.24) is 0 Å². The monoisotopic (exact) mass is 274 g/mol. The molecule has 0 aliphatic carbocycles. The van der Waals surface area contributed by atoms with Crippen molar-refractivity contribution >= 4 is 15.9 Å². The molecule has 0 aromatic heterocycles. The molecule has 0 saturated carbocycles. The van der Waals surface area contributed by atoms with Crippen LogP contribution >= 0.6 is 15.9 Å². The molecular weight excluding hydrogens is 271 g/mol. The van der Waals surface area contributed by atoms with Crippen LogP contribution in [-0.2, 0) is 0 Å². The lowest BCUT2D eigenvalue weighted by Crippen LogP contribution is -2.15. The van der Waals surface area contributed by atoms with Gasteiger partial charge in [0.05, 0.1) is 0 Å². The zero-order chi connectivity index (χ0) is 10.9. The SMILES string of the molecule is Fc1cc(F)cc([C@@H](Br)C(F)(F)F)c1. The Hall–Kier alpha value is -0.650. The van der Waals surface area contributed by atoms with Crippen LogP contribution in [0.25, 0.3) is 0 Å². The molecule has 0 spiro atoms. The molecule has 1 aromatic carbocycles. The van der Waals surface area contributed by atoms with E-state index in [9.17, 15) is 22.0 Å². The van der Waals surface area contributed by atoms with Crippen LogP contribution in [0.15, 0.2) is 18.2 Å². The van der Waals surface area contributed by atoms with E-state index < -0.39 is 28.2 Å². The molecule has 0 aliphatic heterocycles. The van der Waals surface area contributed by atoms with Crippen LogP contribution in [0.2, 0.25) is 0 Å². The van der Waals surface area contributed by atoms with Gasteiger partial charge in [-0.05, 0) is 17.7 Å². The predicted molar refractivity (Wildman–Crippen MR) is 44.1 cm³/mol. The number of benzene rings is 1. The topological polar surface area (TPSA) is 0 Å². The molecule has 0 unspecified atom stereocenters. The van der Waals surface area contributed by atoms with Crippen molar-refractivity contribution in [3.05, 3.63) is 35.4 Å². The molecule has 0 N–H and O–H groups in total. The van der Waals surface area contributed by atoms with Crippen LogP contribution < -0.4 is 0 Å². The van der Waals surface area contributed by atoms with E-state index in [1.165, 1.54) is 0 Å². The fourth-order valence-corrected chi connectivity index (χ4v) is 1.17. The van der Waals surface area contributed by atoms with Gasteiger partial charge in [-0.15, -0.1) is 0 Å². The summed E-state index contributed by atoms with van der Waals surface area (Å²) in [6, 6.07) is 1.78. The Kier molecular flexibility index (Phi) is 3.14. The van der Waals surface area contributed by atoms with Gasteiger partial charge < -0.3 is 0 Å². The average molecular weight is 275 g/mol. The quantitative estimate of drug-likeness (QED) is 0.537. The molecule has 0 saturated heterocycles. The molecule has 1 aromatic rings. The van der Waals surface area contributed by atoms with Crippen molar-refractivity contribution in [2.24, 2.45) is 0 Å². The molecule has 0 nitrogen and oxygen atoms in total. The van der Waals surface area contributed by atoms with Crippen LogP contribution in [0.1, 0.15) is 10.4 Å². The first-order chi connectivity index (χ1) is 6.30. The van der Waals surface area contributed by atoms with E-state index in [-0.39, 0.29) is 0 Å². The van der Waals surface area contributed by atoms with Crippen molar-refractivity contribution in [3.8, 4) is 0 Å². The third-order valence-electron chi connectivity index (χ3n) is 1.46. The summed E-state index contributed by atoms with van der Waals surface area (Å²) in [4.78, 5) is -2.06. The van der Waals surface area contributed by atoms with Gasteiger partial charge in [-0.3, -0.25) is 0 Å². The number of alkyl halides is 4. The van der Waals surface area contributed by atoms with E-state index in [0.29, 0.717) is 18.2 Å². The maximum absolute atomic E-state index is 12.5. The highest BCUT2D eigenvalue weighted by Gasteiger charge is 2.39. The van der Waals surface area contributed by atoms with Crippen LogP contribution in [0.5, 0.6) is 0 Å². The molecule has 0 heterocycles. The number of halogens is 6. The summed E-state index contributed by atoms with van der Waals surface area (Å²) in [7, 11) is 0. The first kappa shape index (κ1) is 11.4. The number of hydrogen-bond acceptors (Lipinski definition) is 0. The van der Waals surface area contributed by atoms with E-state index >= 15 is 0 Å². The van der Waals surface area contributed by atoms with Crippen molar-refractivity contribution in [3.63, 3.8) is 0 Å². The molecule has 0 bridgehead atoms. The summed E-state index contributed by atoms with van der Waals surface area (Å²) < 4.78 is 61.4. The molecule has 6 heteroatoms. The fraction of sp³-hybridized carbons (Fsp3) is 0.250. The highest BCUT2D eigenvalue weighted by Crippen LogP contribution is 2.39. The van der Waals surface area contributed by atoms with Gasteiger partial charge in [0, 0.05) is 6.07 Å². The summed E-state index contributed by atoms with van der Waals surface area (Å²) >= 11 is 2.32. The summed E-state index contributed by atoms with van der Waals surface area (Å²) in [5.74, 6) is -2.07. The summed E-state index contributed by atoms with van der Waals surface area (Å²) in [5, 5.41) is 0. The Morgan fingerprint density at radius 3 is 1.79 bits per heavy atom. The van der Waals surface area contributed by atoms with Gasteiger partial charge in [0.15, 0.2) is 0 Å². The average Bonchev–Trinajstić information content (AvgIpc) is 1.99. The lowest BCUT2D eigenvalue weighted by Gasteiger charge is -2.14. The Morgan fingerprint density at radius 1 is 1.00 bits per heavy atom. The molecule has 1 atom stereocenters.